The third-order valence-corrected chi connectivity index (χ3v) is 3.69. The van der Waals surface area contributed by atoms with Crippen molar-refractivity contribution in [3.8, 4) is 5.88 Å². The van der Waals surface area contributed by atoms with Crippen LogP contribution in [0.5, 0.6) is 5.88 Å². The molecule has 1 aromatic carbocycles. The second-order valence-corrected chi connectivity index (χ2v) is 5.22. The Hall–Kier alpha value is -2.76. The highest BCUT2D eigenvalue weighted by molar-refractivity contribution is 5.96. The average molecular weight is 297 g/mol. The highest BCUT2D eigenvalue weighted by Crippen LogP contribution is 2.22. The van der Waals surface area contributed by atoms with E-state index in [9.17, 15) is 4.79 Å². The summed E-state index contributed by atoms with van der Waals surface area (Å²) >= 11 is 0. The van der Waals surface area contributed by atoms with Crippen LogP contribution < -0.4 is 10.1 Å². The van der Waals surface area contributed by atoms with E-state index < -0.39 is 0 Å². The number of aromatic nitrogens is 2. The molecule has 1 N–H and O–H groups in total. The first kappa shape index (κ1) is 12.9. The summed E-state index contributed by atoms with van der Waals surface area (Å²) in [5.41, 5.74) is 1.29. The maximum Gasteiger partial charge on any atom is 0.258 e. The molecular formula is C16H15N3O3. The van der Waals surface area contributed by atoms with Gasteiger partial charge in [0.1, 0.15) is 16.9 Å². The second kappa shape index (κ2) is 5.22. The molecule has 0 unspecified atom stereocenters. The highest BCUT2D eigenvalue weighted by Gasteiger charge is 2.21. The fourth-order valence-corrected chi connectivity index (χ4v) is 2.61. The number of ether oxygens (including phenoxy) is 1. The topological polar surface area (TPSA) is 69.3 Å². The highest BCUT2D eigenvalue weighted by atomic mass is 16.5. The van der Waals surface area contributed by atoms with Crippen molar-refractivity contribution >= 4 is 16.9 Å². The minimum atomic E-state index is -0.205. The number of nitrogens with one attached hydrogen (secondary N) is 1. The van der Waals surface area contributed by atoms with Gasteiger partial charge < -0.3 is 14.5 Å². The Balaban J connectivity index is 1.49. The zero-order valence-electron chi connectivity index (χ0n) is 11.9. The Morgan fingerprint density at radius 2 is 2.27 bits per heavy atom. The van der Waals surface area contributed by atoms with Gasteiger partial charge in [0.25, 0.3) is 5.91 Å². The predicted molar refractivity (Wildman–Crippen MR) is 79.7 cm³/mol. The van der Waals surface area contributed by atoms with Gasteiger partial charge in [0.15, 0.2) is 0 Å². The van der Waals surface area contributed by atoms with E-state index in [0.717, 1.165) is 29.7 Å². The van der Waals surface area contributed by atoms with Crippen molar-refractivity contribution < 1.29 is 13.9 Å². The first-order valence-corrected chi connectivity index (χ1v) is 7.25. The van der Waals surface area contributed by atoms with Crippen molar-refractivity contribution in [3.63, 3.8) is 0 Å². The minimum Gasteiger partial charge on any atom is -0.477 e. The number of hydrogen-bond donors (Lipinski definition) is 1. The van der Waals surface area contributed by atoms with E-state index in [1.165, 1.54) is 0 Å². The van der Waals surface area contributed by atoms with E-state index in [2.05, 4.69) is 10.4 Å². The van der Waals surface area contributed by atoms with E-state index in [-0.39, 0.29) is 5.91 Å². The number of fused-ring (bicyclic) bond motifs is 2. The van der Waals surface area contributed by atoms with E-state index in [1.54, 1.807) is 10.9 Å². The molecule has 112 valence electrons. The number of para-hydroxylation sites is 1. The van der Waals surface area contributed by atoms with E-state index in [0.29, 0.717) is 24.6 Å². The van der Waals surface area contributed by atoms with Gasteiger partial charge >= 0.3 is 0 Å². The molecule has 4 rings (SSSR count). The molecule has 0 radical (unpaired) electrons. The first-order valence-electron chi connectivity index (χ1n) is 7.25. The summed E-state index contributed by atoms with van der Waals surface area (Å²) in [6.45, 7) is 1.74. The first-order chi connectivity index (χ1) is 10.8. The lowest BCUT2D eigenvalue weighted by Crippen LogP contribution is -2.24. The van der Waals surface area contributed by atoms with Crippen LogP contribution in [0.3, 0.4) is 0 Å². The molecule has 3 aromatic rings. The second-order valence-electron chi connectivity index (χ2n) is 5.22. The van der Waals surface area contributed by atoms with Crippen molar-refractivity contribution in [2.75, 3.05) is 6.61 Å². The van der Waals surface area contributed by atoms with Gasteiger partial charge in [0.05, 0.1) is 19.3 Å². The summed E-state index contributed by atoms with van der Waals surface area (Å²) in [4.78, 5) is 12.3. The van der Waals surface area contributed by atoms with Crippen LogP contribution >= 0.6 is 0 Å². The van der Waals surface area contributed by atoms with Crippen LogP contribution in [0.2, 0.25) is 0 Å². The third-order valence-electron chi connectivity index (χ3n) is 3.69. The molecule has 0 spiro atoms. The lowest BCUT2D eigenvalue weighted by molar-refractivity contribution is 0.0941. The monoisotopic (exact) mass is 297 g/mol. The van der Waals surface area contributed by atoms with Crippen LogP contribution in [0.1, 0.15) is 22.5 Å². The number of carbonyl (C=O) groups excluding carboxylic acids is 1. The van der Waals surface area contributed by atoms with Gasteiger partial charge in [-0.3, -0.25) is 4.79 Å². The summed E-state index contributed by atoms with van der Waals surface area (Å²) in [5, 5.41) is 8.05. The van der Waals surface area contributed by atoms with E-state index in [4.69, 9.17) is 9.15 Å². The Bertz CT molecular complexity index is 801. The molecule has 3 heterocycles. The van der Waals surface area contributed by atoms with Crippen LogP contribution in [0.25, 0.3) is 11.0 Å². The van der Waals surface area contributed by atoms with E-state index in [1.807, 2.05) is 30.3 Å². The average Bonchev–Trinajstić information content (AvgIpc) is 3.16. The summed E-state index contributed by atoms with van der Waals surface area (Å²) < 4.78 is 12.9. The molecule has 2 aromatic heterocycles. The number of rotatable bonds is 3. The minimum absolute atomic E-state index is 0.205. The molecule has 1 aliphatic rings. The molecule has 1 amide bonds. The number of amides is 1. The fraction of sp³-hybridized carbons (Fsp3) is 0.250. The smallest absolute Gasteiger partial charge is 0.258 e. The van der Waals surface area contributed by atoms with Crippen LogP contribution in [0, 0.1) is 0 Å². The molecule has 0 atom stereocenters. The van der Waals surface area contributed by atoms with Crippen molar-refractivity contribution in [1.29, 1.82) is 0 Å². The van der Waals surface area contributed by atoms with Gasteiger partial charge in [-0.05, 0) is 12.1 Å². The predicted octanol–water partition coefficient (Wildman–Crippen LogP) is 2.34. The number of nitrogens with zero attached hydrogens (tertiary/aromatic N) is 2. The molecule has 0 saturated heterocycles. The van der Waals surface area contributed by atoms with Crippen molar-refractivity contribution in [2.45, 2.75) is 19.5 Å². The van der Waals surface area contributed by atoms with Gasteiger partial charge in [-0.2, -0.15) is 5.10 Å². The number of carbonyl (C=O) groups is 1. The zero-order valence-corrected chi connectivity index (χ0v) is 11.9. The molecule has 22 heavy (non-hydrogen) atoms. The van der Waals surface area contributed by atoms with Gasteiger partial charge in [-0.15, -0.1) is 0 Å². The quantitative estimate of drug-likeness (QED) is 0.805. The number of benzene rings is 1. The molecule has 6 heteroatoms. The third kappa shape index (κ3) is 2.22. The summed E-state index contributed by atoms with van der Waals surface area (Å²) in [5.74, 6) is 1.06. The normalized spacial score (nSPS) is 13.6. The molecule has 0 bridgehead atoms. The molecule has 0 aliphatic carbocycles. The largest absolute Gasteiger partial charge is 0.477 e. The summed E-state index contributed by atoms with van der Waals surface area (Å²) in [7, 11) is 0. The fourth-order valence-electron chi connectivity index (χ4n) is 2.61. The zero-order chi connectivity index (χ0) is 14.9. The van der Waals surface area contributed by atoms with Crippen molar-refractivity contribution in [3.05, 3.63) is 47.9 Å². The van der Waals surface area contributed by atoms with Crippen LogP contribution in [-0.2, 0) is 13.1 Å². The van der Waals surface area contributed by atoms with Gasteiger partial charge in [-0.25, -0.2) is 4.68 Å². The lowest BCUT2D eigenvalue weighted by Gasteiger charge is -2.15. The number of hydrogen-bond acceptors (Lipinski definition) is 4. The van der Waals surface area contributed by atoms with Crippen LogP contribution in [0.4, 0.5) is 0 Å². The Kier molecular flexibility index (Phi) is 3.07. The SMILES string of the molecule is O=C(NCc1cc2ccccc2o1)c1cnn2c1OCCC2. The van der Waals surface area contributed by atoms with Gasteiger partial charge in [-0.1, -0.05) is 18.2 Å². The van der Waals surface area contributed by atoms with E-state index >= 15 is 0 Å². The molecule has 0 saturated carbocycles. The summed E-state index contributed by atoms with van der Waals surface area (Å²) in [6.07, 6.45) is 2.46. The Morgan fingerprint density at radius 3 is 3.18 bits per heavy atom. The summed E-state index contributed by atoms with van der Waals surface area (Å²) in [6, 6.07) is 9.69. The lowest BCUT2D eigenvalue weighted by atomic mass is 10.2. The standard InChI is InChI=1S/C16H15N3O3/c20-15(13-10-18-19-6-3-7-21-16(13)19)17-9-12-8-11-4-1-2-5-14(11)22-12/h1-2,4-5,8,10H,3,6-7,9H2,(H,17,20). The molecule has 0 fully saturated rings. The Morgan fingerprint density at radius 1 is 1.36 bits per heavy atom. The Labute approximate surface area is 126 Å². The number of aryl methyl sites for hydroxylation is 1. The molecule has 1 aliphatic heterocycles. The van der Waals surface area contributed by atoms with Gasteiger partial charge in [0.2, 0.25) is 5.88 Å². The maximum atomic E-state index is 12.3. The van der Waals surface area contributed by atoms with Crippen molar-refractivity contribution in [2.24, 2.45) is 0 Å². The maximum absolute atomic E-state index is 12.3. The molecular weight excluding hydrogens is 282 g/mol. The van der Waals surface area contributed by atoms with Crippen LogP contribution in [0.15, 0.2) is 40.9 Å². The van der Waals surface area contributed by atoms with Gasteiger partial charge in [0, 0.05) is 18.4 Å². The van der Waals surface area contributed by atoms with Crippen molar-refractivity contribution in [1.82, 2.24) is 15.1 Å². The van der Waals surface area contributed by atoms with Crippen LogP contribution in [-0.4, -0.2) is 22.3 Å². The number of furan rings is 1. The molecule has 6 nitrogen and oxygen atoms in total.